The first-order valence-electron chi connectivity index (χ1n) is 9.26. The van der Waals surface area contributed by atoms with Crippen LogP contribution in [0.15, 0.2) is 42.5 Å². The minimum absolute atomic E-state index is 0.0938. The summed E-state index contributed by atoms with van der Waals surface area (Å²) in [5.41, 5.74) is 5.88. The van der Waals surface area contributed by atoms with Crippen LogP contribution in [0, 0.1) is 13.8 Å². The quantitative estimate of drug-likeness (QED) is 0.702. The number of fused-ring (bicyclic) bond motifs is 1. The third-order valence-electron chi connectivity index (χ3n) is 5.45. The molecule has 2 N–H and O–H groups in total. The van der Waals surface area contributed by atoms with E-state index in [-0.39, 0.29) is 6.04 Å². The number of piperidine rings is 1. The predicted molar refractivity (Wildman–Crippen MR) is 103 cm³/mol. The molecule has 2 heterocycles. The Bertz CT molecular complexity index is 890. The molecular weight excluding hydrogens is 308 g/mol. The molecular formula is C22H26N2O. The molecule has 3 aromatic rings. The van der Waals surface area contributed by atoms with Gasteiger partial charge in [0.2, 0.25) is 0 Å². The third-order valence-corrected chi connectivity index (χ3v) is 5.45. The minimum atomic E-state index is 0.0938. The van der Waals surface area contributed by atoms with Crippen LogP contribution in [0.5, 0.6) is 5.75 Å². The zero-order valence-corrected chi connectivity index (χ0v) is 15.0. The number of aryl methyl sites for hydroxylation is 2. The number of phenols is 1. The van der Waals surface area contributed by atoms with Crippen molar-refractivity contribution in [1.82, 2.24) is 9.88 Å². The Morgan fingerprint density at radius 1 is 1.00 bits per heavy atom. The molecule has 1 fully saturated rings. The second-order valence-electron chi connectivity index (χ2n) is 7.27. The van der Waals surface area contributed by atoms with Gasteiger partial charge in [0.05, 0.1) is 6.04 Å². The van der Waals surface area contributed by atoms with Crippen LogP contribution in [0.2, 0.25) is 0 Å². The first kappa shape index (κ1) is 16.2. The number of aromatic amines is 1. The summed E-state index contributed by atoms with van der Waals surface area (Å²) in [7, 11) is 0. The lowest BCUT2D eigenvalue weighted by Crippen LogP contribution is -2.34. The van der Waals surface area contributed by atoms with Crippen molar-refractivity contribution < 1.29 is 5.11 Å². The maximum absolute atomic E-state index is 10.7. The van der Waals surface area contributed by atoms with Crippen LogP contribution in [-0.2, 0) is 0 Å². The summed E-state index contributed by atoms with van der Waals surface area (Å²) >= 11 is 0. The van der Waals surface area contributed by atoms with E-state index >= 15 is 0 Å². The van der Waals surface area contributed by atoms with E-state index in [0.29, 0.717) is 5.75 Å². The highest BCUT2D eigenvalue weighted by Crippen LogP contribution is 2.40. The van der Waals surface area contributed by atoms with E-state index < -0.39 is 0 Å². The largest absolute Gasteiger partial charge is 0.508 e. The first-order chi connectivity index (χ1) is 12.1. The lowest BCUT2D eigenvalue weighted by molar-refractivity contribution is 0.185. The van der Waals surface area contributed by atoms with Crippen molar-refractivity contribution in [1.29, 1.82) is 0 Å². The van der Waals surface area contributed by atoms with Gasteiger partial charge in [-0.1, -0.05) is 42.3 Å². The highest BCUT2D eigenvalue weighted by Gasteiger charge is 2.29. The fourth-order valence-electron chi connectivity index (χ4n) is 4.25. The number of nitrogens with zero attached hydrogens (tertiary/aromatic N) is 1. The van der Waals surface area contributed by atoms with E-state index in [1.54, 1.807) is 0 Å². The Labute approximate surface area is 149 Å². The van der Waals surface area contributed by atoms with Crippen molar-refractivity contribution in [2.45, 2.75) is 39.2 Å². The molecule has 2 aromatic carbocycles. The molecule has 3 heteroatoms. The zero-order chi connectivity index (χ0) is 17.4. The van der Waals surface area contributed by atoms with Crippen molar-refractivity contribution in [3.8, 4) is 5.75 Å². The van der Waals surface area contributed by atoms with E-state index in [1.807, 2.05) is 12.1 Å². The molecule has 1 aliphatic rings. The lowest BCUT2D eigenvalue weighted by atomic mass is 9.91. The molecule has 130 valence electrons. The molecule has 0 spiro atoms. The smallest absolute Gasteiger partial charge is 0.120 e. The molecule has 25 heavy (non-hydrogen) atoms. The second-order valence-corrected chi connectivity index (χ2v) is 7.27. The van der Waals surface area contributed by atoms with E-state index in [4.69, 9.17) is 0 Å². The number of aromatic hydroxyl groups is 1. The molecule has 4 rings (SSSR count). The number of aromatic nitrogens is 1. The number of H-pyrrole nitrogens is 1. The van der Waals surface area contributed by atoms with Gasteiger partial charge in [-0.15, -0.1) is 0 Å². The SMILES string of the molecule is Cc1ccc(O)c(C(c2c(C)[nH]c3ccccc23)N2CCCCC2)c1. The highest BCUT2D eigenvalue weighted by molar-refractivity contribution is 5.85. The van der Waals surface area contributed by atoms with Crippen molar-refractivity contribution >= 4 is 10.9 Å². The summed E-state index contributed by atoms with van der Waals surface area (Å²) in [6, 6.07) is 14.6. The third kappa shape index (κ3) is 2.93. The van der Waals surface area contributed by atoms with Crippen LogP contribution in [-0.4, -0.2) is 28.1 Å². The normalized spacial score (nSPS) is 17.0. The summed E-state index contributed by atoms with van der Waals surface area (Å²) in [4.78, 5) is 6.08. The summed E-state index contributed by atoms with van der Waals surface area (Å²) in [6.45, 7) is 6.41. The molecule has 1 aliphatic heterocycles. The molecule has 0 amide bonds. The van der Waals surface area contributed by atoms with Crippen LogP contribution in [0.3, 0.4) is 0 Å². The monoisotopic (exact) mass is 334 g/mol. The number of para-hydroxylation sites is 1. The molecule has 1 saturated heterocycles. The molecule has 3 nitrogen and oxygen atoms in total. The van der Waals surface area contributed by atoms with E-state index in [9.17, 15) is 5.11 Å². The Kier molecular flexibility index (Phi) is 4.26. The van der Waals surface area contributed by atoms with Gasteiger partial charge in [-0.05, 0) is 51.9 Å². The predicted octanol–water partition coefficient (Wildman–Crippen LogP) is 5.07. The van der Waals surface area contributed by atoms with Gasteiger partial charge in [0.25, 0.3) is 0 Å². The van der Waals surface area contributed by atoms with Crippen LogP contribution < -0.4 is 0 Å². The number of rotatable bonds is 3. The lowest BCUT2D eigenvalue weighted by Gasteiger charge is -2.35. The number of likely N-dealkylation sites (tertiary alicyclic amines) is 1. The molecule has 0 saturated carbocycles. The van der Waals surface area contributed by atoms with Gasteiger partial charge in [-0.25, -0.2) is 0 Å². The van der Waals surface area contributed by atoms with Gasteiger partial charge >= 0.3 is 0 Å². The topological polar surface area (TPSA) is 39.3 Å². The average molecular weight is 334 g/mol. The van der Waals surface area contributed by atoms with Crippen molar-refractivity contribution in [3.63, 3.8) is 0 Å². The summed E-state index contributed by atoms with van der Waals surface area (Å²) in [5.74, 6) is 0.394. The highest BCUT2D eigenvalue weighted by atomic mass is 16.3. The summed E-state index contributed by atoms with van der Waals surface area (Å²) in [6.07, 6.45) is 3.75. The molecule has 0 aliphatic carbocycles. The van der Waals surface area contributed by atoms with Crippen molar-refractivity contribution in [2.75, 3.05) is 13.1 Å². The molecule has 0 radical (unpaired) electrons. The fourth-order valence-corrected chi connectivity index (χ4v) is 4.25. The average Bonchev–Trinajstić information content (AvgIpc) is 2.95. The van der Waals surface area contributed by atoms with Crippen LogP contribution in [0.4, 0.5) is 0 Å². The molecule has 0 bridgehead atoms. The number of benzene rings is 2. The van der Waals surface area contributed by atoms with Gasteiger partial charge in [0.15, 0.2) is 0 Å². The maximum atomic E-state index is 10.7. The van der Waals surface area contributed by atoms with E-state index in [2.05, 4.69) is 54.1 Å². The Morgan fingerprint density at radius 2 is 1.76 bits per heavy atom. The maximum Gasteiger partial charge on any atom is 0.120 e. The standard InChI is InChI=1S/C22H26N2O/c1-15-10-11-20(25)18(14-15)22(24-12-6-3-7-13-24)21-16(2)23-19-9-5-4-8-17(19)21/h4-5,8-11,14,22-23,25H,3,6-7,12-13H2,1-2H3. The van der Waals surface area contributed by atoms with Crippen molar-refractivity contribution in [3.05, 3.63) is 64.8 Å². The second kappa shape index (κ2) is 6.57. The van der Waals surface area contributed by atoms with Crippen LogP contribution in [0.1, 0.15) is 47.7 Å². The van der Waals surface area contributed by atoms with Crippen LogP contribution in [0.25, 0.3) is 10.9 Å². The van der Waals surface area contributed by atoms with Gasteiger partial charge < -0.3 is 10.1 Å². The van der Waals surface area contributed by atoms with E-state index in [0.717, 1.165) is 18.7 Å². The zero-order valence-electron chi connectivity index (χ0n) is 15.0. The van der Waals surface area contributed by atoms with Gasteiger partial charge in [-0.3, -0.25) is 4.90 Å². The Hall–Kier alpha value is -2.26. The summed E-state index contributed by atoms with van der Waals surface area (Å²) < 4.78 is 0. The number of hydrogen-bond donors (Lipinski definition) is 2. The molecule has 1 unspecified atom stereocenters. The first-order valence-corrected chi connectivity index (χ1v) is 9.26. The fraction of sp³-hybridized carbons (Fsp3) is 0.364. The summed E-state index contributed by atoms with van der Waals surface area (Å²) in [5, 5.41) is 11.9. The number of phenolic OH excluding ortho intramolecular Hbond substituents is 1. The number of nitrogens with one attached hydrogen (secondary N) is 1. The van der Waals surface area contributed by atoms with Crippen molar-refractivity contribution in [2.24, 2.45) is 0 Å². The molecule has 1 atom stereocenters. The number of hydrogen-bond acceptors (Lipinski definition) is 2. The van der Waals surface area contributed by atoms with Gasteiger partial charge in [-0.2, -0.15) is 0 Å². The molecule has 1 aromatic heterocycles. The Balaban J connectivity index is 1.93. The Morgan fingerprint density at radius 3 is 2.56 bits per heavy atom. The minimum Gasteiger partial charge on any atom is -0.508 e. The van der Waals surface area contributed by atoms with Gasteiger partial charge in [0, 0.05) is 27.7 Å². The van der Waals surface area contributed by atoms with Gasteiger partial charge in [0.1, 0.15) is 5.75 Å². The van der Waals surface area contributed by atoms with Crippen LogP contribution >= 0.6 is 0 Å². The van der Waals surface area contributed by atoms with E-state index in [1.165, 1.54) is 47.0 Å².